The van der Waals surface area contributed by atoms with Crippen LogP contribution in [0.25, 0.3) is 0 Å². The van der Waals surface area contributed by atoms with E-state index in [2.05, 4.69) is 29.5 Å². The van der Waals surface area contributed by atoms with Crippen LogP contribution in [0, 0.1) is 5.92 Å². The monoisotopic (exact) mass is 269 g/mol. The molecular weight excluding hydrogens is 250 g/mol. The van der Waals surface area contributed by atoms with Crippen molar-refractivity contribution < 1.29 is 4.79 Å². The molecule has 0 radical (unpaired) electrons. The first-order chi connectivity index (χ1) is 8.60. The van der Waals surface area contributed by atoms with E-state index >= 15 is 0 Å². The van der Waals surface area contributed by atoms with Crippen LogP contribution in [0.1, 0.15) is 37.0 Å². The Labute approximate surface area is 113 Å². The van der Waals surface area contributed by atoms with Crippen molar-refractivity contribution in [3.8, 4) is 0 Å². The molecule has 1 heterocycles. The van der Waals surface area contributed by atoms with Gasteiger partial charge in [-0.25, -0.2) is 4.98 Å². The molecular formula is C13H20ClN3O. The number of carbonyl (C=O) groups is 1. The second kappa shape index (κ2) is 7.21. The van der Waals surface area contributed by atoms with Crippen molar-refractivity contribution in [2.24, 2.45) is 5.92 Å². The lowest BCUT2D eigenvalue weighted by Gasteiger charge is -2.13. The fourth-order valence-corrected chi connectivity index (χ4v) is 1.88. The molecule has 100 valence electrons. The highest BCUT2D eigenvalue weighted by molar-refractivity contribution is 6.29. The Morgan fingerprint density at radius 1 is 1.39 bits per heavy atom. The molecule has 1 rings (SSSR count). The predicted molar refractivity (Wildman–Crippen MR) is 75.2 cm³/mol. The van der Waals surface area contributed by atoms with E-state index in [1.807, 2.05) is 0 Å². The number of amides is 1. The number of nitrogens with one attached hydrogen (secondary N) is 2. The summed E-state index contributed by atoms with van der Waals surface area (Å²) >= 11 is 5.86. The maximum absolute atomic E-state index is 12.0. The van der Waals surface area contributed by atoms with Gasteiger partial charge in [0, 0.05) is 19.2 Å². The van der Waals surface area contributed by atoms with E-state index in [0.717, 1.165) is 12.8 Å². The number of halogens is 1. The summed E-state index contributed by atoms with van der Waals surface area (Å²) in [4.78, 5) is 16.0. The average Bonchev–Trinajstić information content (AvgIpc) is 2.38. The van der Waals surface area contributed by atoms with E-state index in [-0.39, 0.29) is 5.91 Å². The molecule has 0 fully saturated rings. The first-order valence-corrected chi connectivity index (χ1v) is 6.62. The molecule has 0 bridgehead atoms. The van der Waals surface area contributed by atoms with Crippen molar-refractivity contribution in [3.63, 3.8) is 0 Å². The van der Waals surface area contributed by atoms with Gasteiger partial charge in [0.1, 0.15) is 11.0 Å². The third kappa shape index (κ3) is 4.18. The minimum atomic E-state index is -0.109. The lowest BCUT2D eigenvalue weighted by molar-refractivity contribution is 0.0946. The number of aromatic nitrogens is 1. The first-order valence-electron chi connectivity index (χ1n) is 6.24. The van der Waals surface area contributed by atoms with E-state index in [4.69, 9.17) is 11.6 Å². The molecule has 0 unspecified atom stereocenters. The summed E-state index contributed by atoms with van der Waals surface area (Å²) in [5.41, 5.74) is 0.533. The standard InChI is InChI=1S/C13H20ClN3O/c1-4-9(5-2)8-16-13(18)10-6-11(14)17-12(7-10)15-3/h6-7,9H,4-5,8H2,1-3H3,(H,15,17)(H,16,18). The van der Waals surface area contributed by atoms with Crippen LogP contribution in [0.15, 0.2) is 12.1 Å². The second-order valence-electron chi connectivity index (χ2n) is 4.21. The van der Waals surface area contributed by atoms with Crippen molar-refractivity contribution in [3.05, 3.63) is 22.8 Å². The number of pyridine rings is 1. The van der Waals surface area contributed by atoms with Crippen LogP contribution in [0.5, 0.6) is 0 Å². The van der Waals surface area contributed by atoms with E-state index < -0.39 is 0 Å². The third-order valence-corrected chi connectivity index (χ3v) is 3.21. The second-order valence-corrected chi connectivity index (χ2v) is 4.59. The molecule has 1 amide bonds. The van der Waals surface area contributed by atoms with Gasteiger partial charge < -0.3 is 10.6 Å². The van der Waals surface area contributed by atoms with Gasteiger partial charge in [0.15, 0.2) is 0 Å². The van der Waals surface area contributed by atoms with Gasteiger partial charge in [0.25, 0.3) is 5.91 Å². The summed E-state index contributed by atoms with van der Waals surface area (Å²) in [5, 5.41) is 6.12. The lowest BCUT2D eigenvalue weighted by atomic mass is 10.0. The smallest absolute Gasteiger partial charge is 0.251 e. The Bertz CT molecular complexity index is 405. The lowest BCUT2D eigenvalue weighted by Crippen LogP contribution is -2.29. The van der Waals surface area contributed by atoms with Crippen LogP contribution in [-0.4, -0.2) is 24.5 Å². The Morgan fingerprint density at radius 3 is 2.61 bits per heavy atom. The number of carbonyl (C=O) groups excluding carboxylic acids is 1. The van der Waals surface area contributed by atoms with Gasteiger partial charge in [0.05, 0.1) is 0 Å². The van der Waals surface area contributed by atoms with Gasteiger partial charge in [-0.2, -0.15) is 0 Å². The number of rotatable bonds is 6. The SMILES string of the molecule is CCC(CC)CNC(=O)c1cc(Cl)nc(NC)c1. The van der Waals surface area contributed by atoms with Gasteiger partial charge in [-0.15, -0.1) is 0 Å². The molecule has 18 heavy (non-hydrogen) atoms. The molecule has 0 spiro atoms. The fraction of sp³-hybridized carbons (Fsp3) is 0.538. The topological polar surface area (TPSA) is 54.0 Å². The molecule has 5 heteroatoms. The van der Waals surface area contributed by atoms with Crippen LogP contribution in [0.4, 0.5) is 5.82 Å². The van der Waals surface area contributed by atoms with Crippen LogP contribution < -0.4 is 10.6 Å². The Kier molecular flexibility index (Phi) is 5.92. The van der Waals surface area contributed by atoms with Crippen molar-refractivity contribution in [1.82, 2.24) is 10.3 Å². The van der Waals surface area contributed by atoms with Crippen molar-refractivity contribution in [2.75, 3.05) is 18.9 Å². The summed E-state index contributed by atoms with van der Waals surface area (Å²) in [6.45, 7) is 4.95. The molecule has 0 saturated heterocycles. The molecule has 0 aliphatic rings. The minimum Gasteiger partial charge on any atom is -0.373 e. The first kappa shape index (κ1) is 14.8. The van der Waals surface area contributed by atoms with Gasteiger partial charge >= 0.3 is 0 Å². The predicted octanol–water partition coefficient (Wildman–Crippen LogP) is 2.94. The zero-order valence-corrected chi connectivity index (χ0v) is 11.8. The maximum Gasteiger partial charge on any atom is 0.251 e. The zero-order valence-electron chi connectivity index (χ0n) is 11.1. The molecule has 0 aliphatic carbocycles. The van der Waals surface area contributed by atoms with E-state index in [1.165, 1.54) is 0 Å². The molecule has 2 N–H and O–H groups in total. The van der Waals surface area contributed by atoms with E-state index in [9.17, 15) is 4.79 Å². The molecule has 0 aliphatic heterocycles. The van der Waals surface area contributed by atoms with Crippen molar-refractivity contribution in [1.29, 1.82) is 0 Å². The van der Waals surface area contributed by atoms with Crippen LogP contribution >= 0.6 is 11.6 Å². The summed E-state index contributed by atoms with van der Waals surface area (Å²) in [5.74, 6) is 1.01. The molecule has 0 aromatic carbocycles. The number of anilines is 1. The van der Waals surface area contributed by atoms with Gasteiger partial charge in [-0.3, -0.25) is 4.79 Å². The highest BCUT2D eigenvalue weighted by Gasteiger charge is 2.10. The largest absolute Gasteiger partial charge is 0.373 e. The zero-order chi connectivity index (χ0) is 13.5. The summed E-state index contributed by atoms with van der Waals surface area (Å²) in [7, 11) is 1.74. The van der Waals surface area contributed by atoms with Gasteiger partial charge in [-0.05, 0) is 18.1 Å². The molecule has 0 saturated carbocycles. The molecule has 0 atom stereocenters. The van der Waals surface area contributed by atoms with Crippen LogP contribution in [0.3, 0.4) is 0 Å². The number of nitrogens with zero attached hydrogens (tertiary/aromatic N) is 1. The van der Waals surface area contributed by atoms with Gasteiger partial charge in [0.2, 0.25) is 0 Å². The highest BCUT2D eigenvalue weighted by Crippen LogP contribution is 2.14. The molecule has 4 nitrogen and oxygen atoms in total. The minimum absolute atomic E-state index is 0.109. The maximum atomic E-state index is 12.0. The Morgan fingerprint density at radius 2 is 2.06 bits per heavy atom. The number of hydrogen-bond acceptors (Lipinski definition) is 3. The van der Waals surface area contributed by atoms with Crippen LogP contribution in [-0.2, 0) is 0 Å². The number of hydrogen-bond donors (Lipinski definition) is 2. The van der Waals surface area contributed by atoms with E-state index in [0.29, 0.717) is 29.0 Å². The highest BCUT2D eigenvalue weighted by atomic mass is 35.5. The summed E-state index contributed by atoms with van der Waals surface area (Å²) in [6, 6.07) is 3.26. The molecule has 1 aromatic rings. The van der Waals surface area contributed by atoms with Crippen molar-refractivity contribution >= 4 is 23.3 Å². The molecule has 1 aromatic heterocycles. The van der Waals surface area contributed by atoms with Crippen LogP contribution in [0.2, 0.25) is 5.15 Å². The Hall–Kier alpha value is -1.29. The Balaban J connectivity index is 2.69. The van der Waals surface area contributed by atoms with E-state index in [1.54, 1.807) is 19.2 Å². The summed E-state index contributed by atoms with van der Waals surface area (Å²) < 4.78 is 0. The average molecular weight is 270 g/mol. The fourth-order valence-electron chi connectivity index (χ4n) is 1.67. The van der Waals surface area contributed by atoms with Gasteiger partial charge in [-0.1, -0.05) is 38.3 Å². The third-order valence-electron chi connectivity index (χ3n) is 3.02. The van der Waals surface area contributed by atoms with Crippen molar-refractivity contribution in [2.45, 2.75) is 26.7 Å². The quantitative estimate of drug-likeness (QED) is 0.781. The summed E-state index contributed by atoms with van der Waals surface area (Å²) in [6.07, 6.45) is 2.13. The normalized spacial score (nSPS) is 10.5.